The predicted octanol–water partition coefficient (Wildman–Crippen LogP) is -0.0978. The van der Waals surface area contributed by atoms with Crippen LogP contribution in [0.1, 0.15) is 11.6 Å². The van der Waals surface area contributed by atoms with E-state index in [0.29, 0.717) is 5.56 Å². The molecule has 2 rings (SSSR count). The van der Waals surface area contributed by atoms with E-state index in [-0.39, 0.29) is 13.2 Å². The molecule has 2 unspecified atom stereocenters. The molecule has 102 valence electrons. The minimum Gasteiger partial charge on any atom is -0.481 e. The fraction of sp³-hybridized carbons (Fsp3) is 0.385. The molecule has 0 spiro atoms. The Labute approximate surface area is 110 Å². The minimum atomic E-state index is -0.976. The van der Waals surface area contributed by atoms with Gasteiger partial charge in [-0.15, -0.1) is 0 Å². The maximum absolute atomic E-state index is 12.0. The molecule has 0 aromatic heterocycles. The summed E-state index contributed by atoms with van der Waals surface area (Å²) in [6.45, 7) is 0.311. The molecule has 1 aliphatic heterocycles. The van der Waals surface area contributed by atoms with Crippen molar-refractivity contribution < 1.29 is 19.4 Å². The summed E-state index contributed by atoms with van der Waals surface area (Å²) < 4.78 is 5.08. The topological polar surface area (TPSA) is 102 Å². The Balaban J connectivity index is 1.99. The zero-order valence-corrected chi connectivity index (χ0v) is 10.3. The van der Waals surface area contributed by atoms with Crippen LogP contribution in [0.3, 0.4) is 0 Å². The standard InChI is InChI=1S/C13H16N2O4/c14-11(8-4-2-1-3-5-8)12(16)15-10-7-19-6-9(10)13(17)18/h1-5,9-11H,6-7,14H2,(H,15,16)(H,17,18)/t9?,10?,11-/m1/s1. The Morgan fingerprint density at radius 3 is 2.63 bits per heavy atom. The first kappa shape index (κ1) is 13.5. The third-order valence-corrected chi connectivity index (χ3v) is 3.17. The molecule has 1 amide bonds. The predicted molar refractivity (Wildman–Crippen MR) is 67.2 cm³/mol. The average molecular weight is 264 g/mol. The smallest absolute Gasteiger partial charge is 0.311 e. The minimum absolute atomic E-state index is 0.112. The van der Waals surface area contributed by atoms with Crippen molar-refractivity contribution in [1.29, 1.82) is 0 Å². The first-order chi connectivity index (χ1) is 9.09. The summed E-state index contributed by atoms with van der Waals surface area (Å²) in [7, 11) is 0. The van der Waals surface area contributed by atoms with Gasteiger partial charge in [-0.25, -0.2) is 0 Å². The van der Waals surface area contributed by atoms with Crippen LogP contribution in [0.4, 0.5) is 0 Å². The highest BCUT2D eigenvalue weighted by atomic mass is 16.5. The number of nitrogens with two attached hydrogens (primary N) is 1. The summed E-state index contributed by atoms with van der Waals surface area (Å²) in [5, 5.41) is 11.6. The molecule has 1 heterocycles. The molecule has 1 fully saturated rings. The molecule has 3 atom stereocenters. The van der Waals surface area contributed by atoms with Gasteiger partial charge in [-0.1, -0.05) is 30.3 Å². The summed E-state index contributed by atoms with van der Waals surface area (Å²) in [6, 6.07) is 7.59. The lowest BCUT2D eigenvalue weighted by Gasteiger charge is -2.19. The molecule has 6 heteroatoms. The quantitative estimate of drug-likeness (QED) is 0.705. The van der Waals surface area contributed by atoms with Crippen LogP contribution in [0.2, 0.25) is 0 Å². The van der Waals surface area contributed by atoms with Crippen molar-refractivity contribution in [3.63, 3.8) is 0 Å². The number of carbonyl (C=O) groups excluding carboxylic acids is 1. The van der Waals surface area contributed by atoms with Gasteiger partial charge in [0, 0.05) is 0 Å². The Hall–Kier alpha value is -1.92. The molecule has 6 nitrogen and oxygen atoms in total. The van der Waals surface area contributed by atoms with Crippen LogP contribution in [0.15, 0.2) is 30.3 Å². The fourth-order valence-corrected chi connectivity index (χ4v) is 2.02. The molecular formula is C13H16N2O4. The van der Waals surface area contributed by atoms with Crippen molar-refractivity contribution in [2.24, 2.45) is 11.7 Å². The van der Waals surface area contributed by atoms with Gasteiger partial charge in [0.05, 0.1) is 19.3 Å². The second-order valence-corrected chi connectivity index (χ2v) is 4.49. The molecule has 0 saturated carbocycles. The van der Waals surface area contributed by atoms with Gasteiger partial charge in [-0.3, -0.25) is 9.59 Å². The number of hydrogen-bond donors (Lipinski definition) is 3. The normalized spacial score (nSPS) is 23.8. The molecule has 0 aliphatic carbocycles. The third kappa shape index (κ3) is 3.10. The summed E-state index contributed by atoms with van der Waals surface area (Å²) in [6.07, 6.45) is 0. The number of carbonyl (C=O) groups is 2. The molecule has 1 saturated heterocycles. The fourth-order valence-electron chi connectivity index (χ4n) is 2.02. The van der Waals surface area contributed by atoms with E-state index in [9.17, 15) is 9.59 Å². The maximum Gasteiger partial charge on any atom is 0.311 e. The Morgan fingerprint density at radius 2 is 2.00 bits per heavy atom. The molecule has 0 radical (unpaired) electrons. The zero-order valence-electron chi connectivity index (χ0n) is 10.3. The lowest BCUT2D eigenvalue weighted by Crippen LogP contribution is -2.46. The molecule has 1 aliphatic rings. The molecular weight excluding hydrogens is 248 g/mol. The van der Waals surface area contributed by atoms with Crippen LogP contribution in [0.25, 0.3) is 0 Å². The number of carboxylic acid groups (broad SMARTS) is 1. The van der Waals surface area contributed by atoms with E-state index in [1.165, 1.54) is 0 Å². The van der Waals surface area contributed by atoms with Crippen LogP contribution in [-0.2, 0) is 14.3 Å². The van der Waals surface area contributed by atoms with Gasteiger partial charge >= 0.3 is 5.97 Å². The number of amides is 1. The highest BCUT2D eigenvalue weighted by Crippen LogP contribution is 2.16. The Morgan fingerprint density at radius 1 is 1.32 bits per heavy atom. The van der Waals surface area contributed by atoms with Gasteiger partial charge in [0.1, 0.15) is 12.0 Å². The van der Waals surface area contributed by atoms with Crippen molar-refractivity contribution in [2.75, 3.05) is 13.2 Å². The van der Waals surface area contributed by atoms with Crippen LogP contribution < -0.4 is 11.1 Å². The lowest BCUT2D eigenvalue weighted by atomic mass is 10.0. The molecule has 0 bridgehead atoms. The van der Waals surface area contributed by atoms with Gasteiger partial charge in [0.2, 0.25) is 5.91 Å². The van der Waals surface area contributed by atoms with E-state index in [0.717, 1.165) is 0 Å². The monoisotopic (exact) mass is 264 g/mol. The molecule has 19 heavy (non-hydrogen) atoms. The Bertz CT molecular complexity index is 463. The number of nitrogens with one attached hydrogen (secondary N) is 1. The first-order valence-electron chi connectivity index (χ1n) is 6.01. The van der Waals surface area contributed by atoms with Crippen molar-refractivity contribution in [2.45, 2.75) is 12.1 Å². The van der Waals surface area contributed by atoms with Crippen LogP contribution in [-0.4, -0.2) is 36.2 Å². The van der Waals surface area contributed by atoms with Gasteiger partial charge in [-0.2, -0.15) is 0 Å². The van der Waals surface area contributed by atoms with Crippen LogP contribution in [0, 0.1) is 5.92 Å². The third-order valence-electron chi connectivity index (χ3n) is 3.17. The summed E-state index contributed by atoms with van der Waals surface area (Å²) in [5.41, 5.74) is 6.52. The summed E-state index contributed by atoms with van der Waals surface area (Å²) in [4.78, 5) is 23.0. The van der Waals surface area contributed by atoms with Gasteiger partial charge in [0.15, 0.2) is 0 Å². The van der Waals surface area contributed by atoms with Crippen molar-refractivity contribution in [1.82, 2.24) is 5.32 Å². The number of aliphatic carboxylic acids is 1. The second kappa shape index (κ2) is 5.81. The lowest BCUT2D eigenvalue weighted by molar-refractivity contribution is -0.142. The molecule has 1 aromatic rings. The van der Waals surface area contributed by atoms with Crippen LogP contribution >= 0.6 is 0 Å². The van der Waals surface area contributed by atoms with E-state index in [2.05, 4.69) is 5.32 Å². The number of hydrogen-bond acceptors (Lipinski definition) is 4. The highest BCUT2D eigenvalue weighted by molar-refractivity contribution is 5.84. The largest absolute Gasteiger partial charge is 0.481 e. The van der Waals surface area contributed by atoms with Gasteiger partial charge in [0.25, 0.3) is 0 Å². The van der Waals surface area contributed by atoms with Gasteiger partial charge in [-0.05, 0) is 5.56 Å². The zero-order chi connectivity index (χ0) is 13.8. The highest BCUT2D eigenvalue weighted by Gasteiger charge is 2.35. The number of ether oxygens (including phenoxy) is 1. The van der Waals surface area contributed by atoms with Crippen molar-refractivity contribution in [3.8, 4) is 0 Å². The maximum atomic E-state index is 12.0. The van der Waals surface area contributed by atoms with E-state index in [1.54, 1.807) is 24.3 Å². The SMILES string of the molecule is N[C@@H](C(=O)NC1COCC1C(=O)O)c1ccccc1. The van der Waals surface area contributed by atoms with E-state index >= 15 is 0 Å². The van der Waals surface area contributed by atoms with E-state index in [4.69, 9.17) is 15.6 Å². The first-order valence-corrected chi connectivity index (χ1v) is 6.01. The Kier molecular flexibility index (Phi) is 4.13. The molecule has 1 aromatic carbocycles. The number of carboxylic acids is 1. The van der Waals surface area contributed by atoms with Crippen molar-refractivity contribution >= 4 is 11.9 Å². The van der Waals surface area contributed by atoms with E-state index in [1.807, 2.05) is 6.07 Å². The van der Waals surface area contributed by atoms with Crippen LogP contribution in [0.5, 0.6) is 0 Å². The van der Waals surface area contributed by atoms with E-state index < -0.39 is 29.9 Å². The summed E-state index contributed by atoms with van der Waals surface area (Å²) in [5.74, 6) is -2.09. The average Bonchev–Trinajstić information content (AvgIpc) is 2.87. The second-order valence-electron chi connectivity index (χ2n) is 4.49. The summed E-state index contributed by atoms with van der Waals surface area (Å²) >= 11 is 0. The van der Waals surface area contributed by atoms with Crippen molar-refractivity contribution in [3.05, 3.63) is 35.9 Å². The number of rotatable bonds is 4. The van der Waals surface area contributed by atoms with Gasteiger partial charge < -0.3 is 20.9 Å². The number of benzene rings is 1. The molecule has 4 N–H and O–H groups in total.